The van der Waals surface area contributed by atoms with E-state index in [2.05, 4.69) is 5.32 Å². The largest absolute Gasteiger partial charge is 0.336 e. The highest BCUT2D eigenvalue weighted by molar-refractivity contribution is 7.13. The standard InChI is InChI=1S/C13H19N3O3S/c1-2-7-15(11-3-5-14-6-4-11)13(17)10-8-12(16(18)19)20-9-10/h8-9,11,14H,2-7H2,1H3. The van der Waals surface area contributed by atoms with Crippen molar-refractivity contribution >= 4 is 22.2 Å². The summed E-state index contributed by atoms with van der Waals surface area (Å²) >= 11 is 1.01. The maximum atomic E-state index is 12.6. The molecule has 1 aromatic heterocycles. The summed E-state index contributed by atoms with van der Waals surface area (Å²) in [5.74, 6) is -0.0805. The van der Waals surface area contributed by atoms with Gasteiger partial charge in [-0.15, -0.1) is 0 Å². The fourth-order valence-electron chi connectivity index (χ4n) is 2.51. The van der Waals surface area contributed by atoms with Crippen LogP contribution in [0.2, 0.25) is 0 Å². The Labute approximate surface area is 121 Å². The quantitative estimate of drug-likeness (QED) is 0.668. The minimum atomic E-state index is -0.448. The highest BCUT2D eigenvalue weighted by Gasteiger charge is 2.27. The maximum absolute atomic E-state index is 12.6. The van der Waals surface area contributed by atoms with Crippen molar-refractivity contribution in [1.29, 1.82) is 0 Å². The van der Waals surface area contributed by atoms with E-state index >= 15 is 0 Å². The van der Waals surface area contributed by atoms with Crippen LogP contribution >= 0.6 is 11.3 Å². The molecule has 1 aliphatic heterocycles. The molecule has 1 aromatic rings. The number of nitrogens with zero attached hydrogens (tertiary/aromatic N) is 2. The average molecular weight is 297 g/mol. The highest BCUT2D eigenvalue weighted by atomic mass is 32.1. The molecule has 1 aliphatic rings. The first-order valence-corrected chi connectivity index (χ1v) is 7.76. The van der Waals surface area contributed by atoms with Gasteiger partial charge >= 0.3 is 5.00 Å². The zero-order valence-electron chi connectivity index (χ0n) is 11.5. The Kier molecular flexibility index (Phi) is 5.08. The Bertz CT molecular complexity index is 483. The normalized spacial score (nSPS) is 16.1. The van der Waals surface area contributed by atoms with Crippen molar-refractivity contribution in [2.24, 2.45) is 0 Å². The summed E-state index contributed by atoms with van der Waals surface area (Å²) < 4.78 is 0. The van der Waals surface area contributed by atoms with Gasteiger partial charge in [0.15, 0.2) is 0 Å². The number of carbonyl (C=O) groups is 1. The zero-order valence-corrected chi connectivity index (χ0v) is 12.3. The summed E-state index contributed by atoms with van der Waals surface area (Å²) in [6.07, 6.45) is 2.78. The number of thiophene rings is 1. The van der Waals surface area contributed by atoms with Gasteiger partial charge in [0.25, 0.3) is 5.91 Å². The lowest BCUT2D eigenvalue weighted by molar-refractivity contribution is -0.380. The Morgan fingerprint density at radius 2 is 2.25 bits per heavy atom. The molecule has 110 valence electrons. The molecular formula is C13H19N3O3S. The lowest BCUT2D eigenvalue weighted by Gasteiger charge is -2.34. The van der Waals surface area contributed by atoms with Crippen LogP contribution in [0.5, 0.6) is 0 Å². The Balaban J connectivity index is 2.14. The van der Waals surface area contributed by atoms with Gasteiger partial charge in [-0.3, -0.25) is 14.9 Å². The molecule has 0 radical (unpaired) electrons. The fourth-order valence-corrected chi connectivity index (χ4v) is 3.21. The van der Waals surface area contributed by atoms with Crippen LogP contribution in [0.4, 0.5) is 5.00 Å². The van der Waals surface area contributed by atoms with Gasteiger partial charge in [0.05, 0.1) is 10.5 Å². The van der Waals surface area contributed by atoms with Gasteiger partial charge in [-0.1, -0.05) is 18.3 Å². The SMILES string of the molecule is CCCN(C(=O)c1csc([N+](=O)[O-])c1)C1CCNCC1. The lowest BCUT2D eigenvalue weighted by atomic mass is 10.0. The Morgan fingerprint density at radius 1 is 1.55 bits per heavy atom. The van der Waals surface area contributed by atoms with Crippen LogP contribution in [0.25, 0.3) is 0 Å². The first kappa shape index (κ1) is 14.9. The zero-order chi connectivity index (χ0) is 14.5. The molecular weight excluding hydrogens is 278 g/mol. The fraction of sp³-hybridized carbons (Fsp3) is 0.615. The van der Waals surface area contributed by atoms with Crippen molar-refractivity contribution in [3.05, 3.63) is 27.1 Å². The van der Waals surface area contributed by atoms with E-state index in [1.165, 1.54) is 6.07 Å². The number of piperidine rings is 1. The van der Waals surface area contributed by atoms with Crippen molar-refractivity contribution in [3.63, 3.8) is 0 Å². The predicted octanol–water partition coefficient (Wildman–Crippen LogP) is 2.26. The minimum Gasteiger partial charge on any atom is -0.336 e. The molecule has 20 heavy (non-hydrogen) atoms. The van der Waals surface area contributed by atoms with Gasteiger partial charge < -0.3 is 10.2 Å². The summed E-state index contributed by atoms with van der Waals surface area (Å²) in [5.41, 5.74) is 0.439. The molecule has 0 aliphatic carbocycles. The summed E-state index contributed by atoms with van der Waals surface area (Å²) in [6.45, 7) is 4.58. The van der Waals surface area contributed by atoms with E-state index in [1.807, 2.05) is 11.8 Å². The molecule has 1 amide bonds. The number of amides is 1. The molecule has 0 atom stereocenters. The number of hydrogen-bond acceptors (Lipinski definition) is 5. The third-order valence-electron chi connectivity index (χ3n) is 3.49. The van der Waals surface area contributed by atoms with Crippen molar-refractivity contribution in [2.75, 3.05) is 19.6 Å². The van der Waals surface area contributed by atoms with E-state index < -0.39 is 4.92 Å². The summed E-state index contributed by atoms with van der Waals surface area (Å²) in [7, 11) is 0. The van der Waals surface area contributed by atoms with Crippen molar-refractivity contribution in [1.82, 2.24) is 10.2 Å². The first-order chi connectivity index (χ1) is 9.63. The van der Waals surface area contributed by atoms with Gasteiger partial charge in [0.2, 0.25) is 0 Å². The molecule has 0 aromatic carbocycles. The van der Waals surface area contributed by atoms with E-state index in [-0.39, 0.29) is 17.0 Å². The third kappa shape index (κ3) is 3.34. The molecule has 6 nitrogen and oxygen atoms in total. The number of rotatable bonds is 5. The summed E-state index contributed by atoms with van der Waals surface area (Å²) in [4.78, 5) is 24.7. The molecule has 0 unspecified atom stereocenters. The number of hydrogen-bond donors (Lipinski definition) is 1. The summed E-state index contributed by atoms with van der Waals surface area (Å²) in [6, 6.07) is 1.62. The van der Waals surface area contributed by atoms with Crippen LogP contribution in [0.15, 0.2) is 11.4 Å². The lowest BCUT2D eigenvalue weighted by Crippen LogP contribution is -2.46. The van der Waals surface area contributed by atoms with Crippen LogP contribution in [-0.2, 0) is 0 Å². The minimum absolute atomic E-state index is 0.0232. The third-order valence-corrected chi connectivity index (χ3v) is 4.37. The number of carbonyl (C=O) groups excluding carboxylic acids is 1. The number of nitrogens with one attached hydrogen (secondary N) is 1. The van der Waals surface area contributed by atoms with Gasteiger partial charge in [-0.25, -0.2) is 0 Å². The topological polar surface area (TPSA) is 75.5 Å². The molecule has 1 saturated heterocycles. The Morgan fingerprint density at radius 3 is 2.80 bits per heavy atom. The van der Waals surface area contributed by atoms with E-state index in [0.717, 1.165) is 43.7 Å². The smallest absolute Gasteiger partial charge is 0.324 e. The van der Waals surface area contributed by atoms with Crippen LogP contribution < -0.4 is 5.32 Å². The second-order valence-corrected chi connectivity index (χ2v) is 5.80. The van der Waals surface area contributed by atoms with Crippen molar-refractivity contribution in [2.45, 2.75) is 32.2 Å². The van der Waals surface area contributed by atoms with E-state index in [4.69, 9.17) is 0 Å². The molecule has 0 saturated carbocycles. The van der Waals surface area contributed by atoms with E-state index in [1.54, 1.807) is 5.38 Å². The number of nitro groups is 1. The summed E-state index contributed by atoms with van der Waals surface area (Å²) in [5, 5.41) is 15.6. The Hall–Kier alpha value is -1.47. The molecule has 7 heteroatoms. The molecule has 0 spiro atoms. The molecule has 0 bridgehead atoms. The maximum Gasteiger partial charge on any atom is 0.324 e. The highest BCUT2D eigenvalue weighted by Crippen LogP contribution is 2.25. The molecule has 1 fully saturated rings. The van der Waals surface area contributed by atoms with Crippen molar-refractivity contribution in [3.8, 4) is 0 Å². The van der Waals surface area contributed by atoms with E-state index in [0.29, 0.717) is 12.1 Å². The van der Waals surface area contributed by atoms with Gasteiger partial charge in [-0.05, 0) is 32.4 Å². The van der Waals surface area contributed by atoms with Crippen LogP contribution in [0.3, 0.4) is 0 Å². The van der Waals surface area contributed by atoms with Crippen LogP contribution in [0, 0.1) is 10.1 Å². The molecule has 2 rings (SSSR count). The monoisotopic (exact) mass is 297 g/mol. The predicted molar refractivity (Wildman–Crippen MR) is 78.2 cm³/mol. The van der Waals surface area contributed by atoms with Gasteiger partial charge in [0, 0.05) is 24.0 Å². The average Bonchev–Trinajstić information content (AvgIpc) is 2.95. The second kappa shape index (κ2) is 6.81. The van der Waals surface area contributed by atoms with Gasteiger partial charge in [0.1, 0.15) is 0 Å². The first-order valence-electron chi connectivity index (χ1n) is 6.88. The van der Waals surface area contributed by atoms with Crippen LogP contribution in [0.1, 0.15) is 36.5 Å². The van der Waals surface area contributed by atoms with Gasteiger partial charge in [-0.2, -0.15) is 0 Å². The molecule has 2 heterocycles. The van der Waals surface area contributed by atoms with E-state index in [9.17, 15) is 14.9 Å². The second-order valence-electron chi connectivity index (χ2n) is 4.91. The van der Waals surface area contributed by atoms with Crippen LogP contribution in [-0.4, -0.2) is 41.4 Å². The van der Waals surface area contributed by atoms with Crippen molar-refractivity contribution < 1.29 is 9.72 Å². The molecule has 1 N–H and O–H groups in total.